The molecule has 0 aromatic carbocycles. The minimum Gasteiger partial charge on any atom is -0.467 e. The van der Waals surface area contributed by atoms with Crippen LogP contribution < -0.4 is 10.5 Å². The van der Waals surface area contributed by atoms with Crippen molar-refractivity contribution in [2.45, 2.75) is 30.7 Å². The molecule has 2 heterocycles. The molecule has 0 saturated carbocycles. The van der Waals surface area contributed by atoms with Crippen molar-refractivity contribution in [1.29, 1.82) is 0 Å². The summed E-state index contributed by atoms with van der Waals surface area (Å²) >= 11 is 0. The number of H-pyrrole nitrogens is 1. The van der Waals surface area contributed by atoms with E-state index in [4.69, 9.17) is 15.2 Å². The predicted octanol–water partition coefficient (Wildman–Crippen LogP) is -3.13. The Morgan fingerprint density at radius 2 is 2.00 bits per heavy atom. The van der Waals surface area contributed by atoms with Crippen LogP contribution in [0.1, 0.15) is 10.5 Å². The molecular weight excluding hydrogens is 302 g/mol. The van der Waals surface area contributed by atoms with Crippen LogP contribution in [0, 0.1) is 0 Å². The highest BCUT2D eigenvalue weighted by Crippen LogP contribution is 2.25. The Balaban J connectivity index is 2.20. The van der Waals surface area contributed by atoms with Crippen molar-refractivity contribution in [3.63, 3.8) is 0 Å². The fraction of sp³-hybridized carbons (Fsp3) is 0.545. The van der Waals surface area contributed by atoms with Crippen molar-refractivity contribution in [2.24, 2.45) is 5.73 Å². The molecule has 1 aromatic rings. The number of amides is 1. The number of aliphatic hydroxyl groups excluding tert-OH is 3. The smallest absolute Gasteiger partial charge is 0.337 e. The minimum absolute atomic E-state index is 0.189. The molecule has 0 spiro atoms. The maximum Gasteiger partial charge on any atom is 0.337 e. The van der Waals surface area contributed by atoms with Crippen LogP contribution in [0.2, 0.25) is 0 Å². The SMILES string of the molecule is COC(=O)[C@H]1O[C@@H](Oc2nc[nH]c2C(N)=O)[C@H](O)[C@@H](O)[C@@H]1O. The summed E-state index contributed by atoms with van der Waals surface area (Å²) in [5.41, 5.74) is 4.90. The fourth-order valence-electron chi connectivity index (χ4n) is 1.91. The normalized spacial score (nSPS) is 31.5. The Labute approximate surface area is 123 Å². The molecule has 0 unspecified atom stereocenters. The van der Waals surface area contributed by atoms with E-state index in [0.29, 0.717) is 0 Å². The second-order valence-electron chi connectivity index (χ2n) is 4.48. The summed E-state index contributed by atoms with van der Waals surface area (Å²) in [6.45, 7) is 0. The van der Waals surface area contributed by atoms with Gasteiger partial charge in [-0.05, 0) is 0 Å². The Kier molecular flexibility index (Phi) is 4.61. The zero-order chi connectivity index (χ0) is 16.4. The van der Waals surface area contributed by atoms with Gasteiger partial charge in [-0.3, -0.25) is 4.79 Å². The van der Waals surface area contributed by atoms with Crippen LogP contribution in [0.4, 0.5) is 0 Å². The third-order valence-electron chi connectivity index (χ3n) is 3.08. The van der Waals surface area contributed by atoms with E-state index < -0.39 is 42.6 Å². The molecule has 1 saturated heterocycles. The van der Waals surface area contributed by atoms with Gasteiger partial charge in [0.05, 0.1) is 13.4 Å². The number of imidazole rings is 1. The van der Waals surface area contributed by atoms with E-state index in [9.17, 15) is 24.9 Å². The minimum atomic E-state index is -1.74. The number of carbonyl (C=O) groups excluding carboxylic acids is 2. The lowest BCUT2D eigenvalue weighted by Crippen LogP contribution is -2.61. The van der Waals surface area contributed by atoms with Gasteiger partial charge in [0, 0.05) is 0 Å². The van der Waals surface area contributed by atoms with E-state index in [1.807, 2.05) is 0 Å². The van der Waals surface area contributed by atoms with Gasteiger partial charge in [-0.25, -0.2) is 9.78 Å². The van der Waals surface area contributed by atoms with Crippen molar-refractivity contribution in [3.8, 4) is 5.88 Å². The van der Waals surface area contributed by atoms with E-state index in [1.54, 1.807) is 0 Å². The van der Waals surface area contributed by atoms with E-state index in [1.165, 1.54) is 0 Å². The van der Waals surface area contributed by atoms with Gasteiger partial charge in [-0.1, -0.05) is 0 Å². The number of hydrogen-bond acceptors (Lipinski definition) is 9. The van der Waals surface area contributed by atoms with E-state index >= 15 is 0 Å². The average molecular weight is 317 g/mol. The van der Waals surface area contributed by atoms with Crippen LogP contribution in [0.25, 0.3) is 0 Å². The molecule has 1 aliphatic heterocycles. The zero-order valence-corrected chi connectivity index (χ0v) is 11.4. The van der Waals surface area contributed by atoms with Gasteiger partial charge in [-0.2, -0.15) is 0 Å². The van der Waals surface area contributed by atoms with Crippen LogP contribution in [0.3, 0.4) is 0 Å². The van der Waals surface area contributed by atoms with Gasteiger partial charge in [0.25, 0.3) is 5.91 Å². The van der Waals surface area contributed by atoms with E-state index in [-0.39, 0.29) is 11.6 Å². The van der Waals surface area contributed by atoms with Gasteiger partial charge >= 0.3 is 5.97 Å². The van der Waals surface area contributed by atoms with Crippen LogP contribution >= 0.6 is 0 Å². The molecule has 0 aliphatic carbocycles. The summed E-state index contributed by atoms with van der Waals surface area (Å²) in [5, 5.41) is 29.3. The molecule has 2 rings (SSSR count). The van der Waals surface area contributed by atoms with Gasteiger partial charge in [-0.15, -0.1) is 0 Å². The highest BCUT2D eigenvalue weighted by Gasteiger charge is 2.48. The summed E-state index contributed by atoms with van der Waals surface area (Å²) in [7, 11) is 1.06. The second kappa shape index (κ2) is 6.27. The first-order valence-electron chi connectivity index (χ1n) is 6.14. The van der Waals surface area contributed by atoms with Gasteiger partial charge in [0.1, 0.15) is 18.3 Å². The number of esters is 1. The highest BCUT2D eigenvalue weighted by atomic mass is 16.7. The van der Waals surface area contributed by atoms with Crippen LogP contribution in [0.5, 0.6) is 5.88 Å². The van der Waals surface area contributed by atoms with Gasteiger partial charge in [0.2, 0.25) is 12.2 Å². The van der Waals surface area contributed by atoms with Crippen molar-refractivity contribution in [3.05, 3.63) is 12.0 Å². The molecule has 1 amide bonds. The first kappa shape index (κ1) is 16.2. The number of primary amides is 1. The van der Waals surface area contributed by atoms with Crippen molar-refractivity contribution in [2.75, 3.05) is 7.11 Å². The van der Waals surface area contributed by atoms with Crippen molar-refractivity contribution >= 4 is 11.9 Å². The fourth-order valence-corrected chi connectivity index (χ4v) is 1.91. The lowest BCUT2D eigenvalue weighted by Gasteiger charge is -2.38. The molecule has 11 nitrogen and oxygen atoms in total. The molecule has 0 bridgehead atoms. The summed E-state index contributed by atoms with van der Waals surface area (Å²) < 4.78 is 14.6. The number of ether oxygens (including phenoxy) is 3. The molecule has 122 valence electrons. The standard InChI is InChI=1S/C11H15N3O8/c1-20-10(19)7-5(16)4(15)6(17)11(21-7)22-9-3(8(12)18)13-2-14-9/h2,4-7,11,15-17H,1H3,(H2,12,18)(H,13,14)/t4-,5-,6+,7-,11-/m0/s1. The van der Waals surface area contributed by atoms with E-state index in [2.05, 4.69) is 14.7 Å². The number of nitrogens with one attached hydrogen (secondary N) is 1. The van der Waals surface area contributed by atoms with Crippen molar-refractivity contribution in [1.82, 2.24) is 9.97 Å². The number of rotatable bonds is 4. The number of aliphatic hydroxyl groups is 3. The van der Waals surface area contributed by atoms with E-state index in [0.717, 1.165) is 13.4 Å². The zero-order valence-electron chi connectivity index (χ0n) is 11.4. The number of nitrogens with zero attached hydrogens (tertiary/aromatic N) is 1. The third-order valence-corrected chi connectivity index (χ3v) is 3.08. The Bertz CT molecular complexity index is 561. The summed E-state index contributed by atoms with van der Waals surface area (Å²) in [5.74, 6) is -2.13. The number of hydrogen-bond donors (Lipinski definition) is 5. The number of methoxy groups -OCH3 is 1. The van der Waals surface area contributed by atoms with Crippen LogP contribution in [-0.4, -0.2) is 75.0 Å². The van der Waals surface area contributed by atoms with Crippen LogP contribution in [-0.2, 0) is 14.3 Å². The first-order valence-corrected chi connectivity index (χ1v) is 6.14. The number of carbonyl (C=O) groups is 2. The highest BCUT2D eigenvalue weighted by molar-refractivity contribution is 5.93. The Morgan fingerprint density at radius 1 is 1.32 bits per heavy atom. The lowest BCUT2D eigenvalue weighted by molar-refractivity contribution is -0.272. The maximum absolute atomic E-state index is 11.5. The first-order chi connectivity index (χ1) is 10.4. The van der Waals surface area contributed by atoms with Crippen molar-refractivity contribution < 1.29 is 39.1 Å². The largest absolute Gasteiger partial charge is 0.467 e. The molecule has 1 fully saturated rings. The maximum atomic E-state index is 11.5. The summed E-state index contributed by atoms with van der Waals surface area (Å²) in [6, 6.07) is 0. The van der Waals surface area contributed by atoms with Gasteiger partial charge in [0.15, 0.2) is 11.8 Å². The summed E-state index contributed by atoms with van der Waals surface area (Å²) in [6.07, 6.45) is -7.19. The molecule has 5 atom stereocenters. The van der Waals surface area contributed by atoms with Gasteiger partial charge < -0.3 is 40.2 Å². The number of nitrogens with two attached hydrogens (primary N) is 1. The topological polar surface area (TPSA) is 177 Å². The van der Waals surface area contributed by atoms with Crippen LogP contribution in [0.15, 0.2) is 6.33 Å². The molecule has 6 N–H and O–H groups in total. The monoisotopic (exact) mass is 317 g/mol. The lowest BCUT2D eigenvalue weighted by atomic mass is 9.99. The molecule has 11 heteroatoms. The predicted molar refractivity (Wildman–Crippen MR) is 66.4 cm³/mol. The molecular formula is C11H15N3O8. The molecule has 1 aromatic heterocycles. The molecule has 1 aliphatic rings. The number of aromatic amines is 1. The second-order valence-corrected chi connectivity index (χ2v) is 4.48. The Hall–Kier alpha value is -2.21. The quantitative estimate of drug-likeness (QED) is 0.359. The molecule has 22 heavy (non-hydrogen) atoms. The molecule has 0 radical (unpaired) electrons. The average Bonchev–Trinajstić information content (AvgIpc) is 2.95. The Morgan fingerprint density at radius 3 is 2.59 bits per heavy atom. The number of aromatic nitrogens is 2. The third kappa shape index (κ3) is 2.87. The summed E-state index contributed by atoms with van der Waals surface area (Å²) in [4.78, 5) is 28.7.